The monoisotopic (exact) mass is 348 g/mol. The predicted octanol–water partition coefficient (Wildman–Crippen LogP) is 2.72. The first-order valence-corrected chi connectivity index (χ1v) is 8.83. The summed E-state index contributed by atoms with van der Waals surface area (Å²) in [6, 6.07) is 5.66. The van der Waals surface area contributed by atoms with Crippen molar-refractivity contribution in [2.24, 2.45) is 5.92 Å². The molecule has 1 aromatic carbocycles. The molecule has 5 atom stereocenters. The van der Waals surface area contributed by atoms with Gasteiger partial charge in [0.2, 0.25) is 5.79 Å². The third kappa shape index (κ3) is 2.49. The maximum absolute atomic E-state index is 11.5. The molecule has 2 saturated heterocycles. The van der Waals surface area contributed by atoms with Gasteiger partial charge in [0.15, 0.2) is 0 Å². The number of rotatable bonds is 2. The fraction of sp³-hybridized carbons (Fsp3) is 0.667. The lowest BCUT2D eigenvalue weighted by Gasteiger charge is -2.40. The fourth-order valence-electron chi connectivity index (χ4n) is 4.54. The van der Waals surface area contributed by atoms with E-state index < -0.39 is 10.7 Å². The van der Waals surface area contributed by atoms with E-state index >= 15 is 0 Å². The molecular weight excluding hydrogens is 324 g/mol. The largest absolute Gasteiger partial charge is 0.360 e. The number of aliphatic hydroxyl groups is 1. The predicted molar refractivity (Wildman–Crippen MR) is 89.5 cm³/mol. The summed E-state index contributed by atoms with van der Waals surface area (Å²) >= 11 is 0. The van der Waals surface area contributed by atoms with Crippen molar-refractivity contribution in [1.29, 1.82) is 0 Å². The Kier molecular flexibility index (Phi) is 3.70. The Hall–Kier alpha value is -1.54. The molecule has 4 rings (SSSR count). The van der Waals surface area contributed by atoms with Gasteiger partial charge in [0.1, 0.15) is 6.04 Å². The first-order valence-electron chi connectivity index (χ1n) is 8.83. The maximum atomic E-state index is 11.5. The number of nitrogens with zero attached hydrogens (tertiary/aromatic N) is 2. The first kappa shape index (κ1) is 16.9. The Morgan fingerprint density at radius 3 is 2.48 bits per heavy atom. The van der Waals surface area contributed by atoms with Crippen LogP contribution >= 0.6 is 0 Å². The second-order valence-electron chi connectivity index (χ2n) is 8.25. The summed E-state index contributed by atoms with van der Waals surface area (Å²) in [4.78, 5) is 16.7. The van der Waals surface area contributed by atoms with Crippen molar-refractivity contribution in [2.45, 2.75) is 69.6 Å². The zero-order valence-corrected chi connectivity index (χ0v) is 14.7. The zero-order chi connectivity index (χ0) is 18.0. The normalized spacial score (nSPS) is 37.9. The lowest BCUT2D eigenvalue weighted by atomic mass is 9.78. The van der Waals surface area contributed by atoms with Crippen molar-refractivity contribution >= 4 is 5.69 Å². The smallest absolute Gasteiger partial charge is 0.269 e. The van der Waals surface area contributed by atoms with Gasteiger partial charge in [0, 0.05) is 29.2 Å². The van der Waals surface area contributed by atoms with E-state index in [9.17, 15) is 15.2 Å². The van der Waals surface area contributed by atoms with Gasteiger partial charge in [-0.1, -0.05) is 0 Å². The number of non-ortho nitro benzene ring substituents is 1. The second kappa shape index (κ2) is 5.48. The molecule has 1 N–H and O–H groups in total. The first-order chi connectivity index (χ1) is 11.7. The number of nitro benzene ring substituents is 1. The molecule has 0 unspecified atom stereocenters. The van der Waals surface area contributed by atoms with Crippen molar-refractivity contribution < 1.29 is 19.6 Å². The summed E-state index contributed by atoms with van der Waals surface area (Å²) in [5.41, 5.74) is 0.238. The van der Waals surface area contributed by atoms with Crippen LogP contribution in [0.3, 0.4) is 0 Å². The molecule has 25 heavy (non-hydrogen) atoms. The van der Waals surface area contributed by atoms with Crippen LogP contribution in [0.4, 0.5) is 5.69 Å². The molecule has 7 heteroatoms. The average Bonchev–Trinajstić information content (AvgIpc) is 3.09. The van der Waals surface area contributed by atoms with E-state index in [1.807, 2.05) is 25.8 Å². The molecule has 2 aliphatic heterocycles. The lowest BCUT2D eigenvalue weighted by Crippen LogP contribution is -2.53. The molecule has 2 heterocycles. The molecule has 136 valence electrons. The minimum absolute atomic E-state index is 0.00371. The Morgan fingerprint density at radius 2 is 1.88 bits per heavy atom. The third-order valence-corrected chi connectivity index (χ3v) is 5.59. The highest BCUT2D eigenvalue weighted by Crippen LogP contribution is 2.55. The molecule has 0 aromatic heterocycles. The van der Waals surface area contributed by atoms with Gasteiger partial charge in [-0.25, -0.2) is 0 Å². The average molecular weight is 348 g/mol. The van der Waals surface area contributed by atoms with Crippen molar-refractivity contribution in [1.82, 2.24) is 5.06 Å². The molecule has 1 saturated carbocycles. The van der Waals surface area contributed by atoms with Gasteiger partial charge in [0.25, 0.3) is 5.69 Å². The zero-order valence-electron chi connectivity index (χ0n) is 14.7. The molecule has 0 bridgehead atoms. The van der Waals surface area contributed by atoms with Crippen LogP contribution in [0.5, 0.6) is 0 Å². The molecule has 7 nitrogen and oxygen atoms in total. The van der Waals surface area contributed by atoms with E-state index in [4.69, 9.17) is 9.57 Å². The second-order valence-corrected chi connectivity index (χ2v) is 8.25. The molecule has 1 aromatic rings. The summed E-state index contributed by atoms with van der Waals surface area (Å²) in [6.45, 7) is 6.15. The van der Waals surface area contributed by atoms with Gasteiger partial charge in [-0.2, -0.15) is 5.06 Å². The summed E-state index contributed by atoms with van der Waals surface area (Å²) in [5, 5.41) is 24.3. The Bertz CT molecular complexity index is 686. The Morgan fingerprint density at radius 1 is 1.24 bits per heavy atom. The minimum Gasteiger partial charge on any atom is -0.360 e. The molecule has 3 fully saturated rings. The summed E-state index contributed by atoms with van der Waals surface area (Å²) in [7, 11) is 0. The van der Waals surface area contributed by atoms with E-state index in [0.717, 1.165) is 19.3 Å². The van der Waals surface area contributed by atoms with Crippen molar-refractivity contribution in [2.75, 3.05) is 0 Å². The van der Waals surface area contributed by atoms with E-state index in [1.54, 1.807) is 12.1 Å². The number of hydrogen-bond acceptors (Lipinski definition) is 6. The standard InChI is InChI=1S/C18H24N2O5/c1-17(2,3)19-16-15-13(5-4-6-14(15)25-19)24-18(16,21)11-7-9-12(10-8-11)20(22)23/h7-10,13-16,21H,4-6H2,1-3H3/t13-,14+,15+,16+,18+/m0/s1. The van der Waals surface area contributed by atoms with Crippen LogP contribution in [0.15, 0.2) is 24.3 Å². The summed E-state index contributed by atoms with van der Waals surface area (Å²) in [6.07, 6.45) is 2.86. The van der Waals surface area contributed by atoms with Crippen molar-refractivity contribution in [3.63, 3.8) is 0 Å². The highest BCUT2D eigenvalue weighted by molar-refractivity contribution is 5.36. The van der Waals surface area contributed by atoms with Crippen molar-refractivity contribution in [3.05, 3.63) is 39.9 Å². The number of hydrogen-bond donors (Lipinski definition) is 1. The Balaban J connectivity index is 1.76. The topological polar surface area (TPSA) is 85.1 Å². The van der Waals surface area contributed by atoms with Gasteiger partial charge in [-0.05, 0) is 52.2 Å². The molecule has 0 radical (unpaired) electrons. The van der Waals surface area contributed by atoms with Crippen LogP contribution < -0.4 is 0 Å². The number of benzene rings is 1. The van der Waals surface area contributed by atoms with Gasteiger partial charge in [-0.3, -0.25) is 15.0 Å². The molecule has 0 amide bonds. The third-order valence-electron chi connectivity index (χ3n) is 5.59. The van der Waals surface area contributed by atoms with Gasteiger partial charge >= 0.3 is 0 Å². The fourth-order valence-corrected chi connectivity index (χ4v) is 4.54. The van der Waals surface area contributed by atoms with Gasteiger partial charge in [0.05, 0.1) is 17.1 Å². The van der Waals surface area contributed by atoms with Crippen molar-refractivity contribution in [3.8, 4) is 0 Å². The van der Waals surface area contributed by atoms with Crippen LogP contribution in [0, 0.1) is 16.0 Å². The van der Waals surface area contributed by atoms with E-state index in [2.05, 4.69) is 0 Å². The van der Waals surface area contributed by atoms with Crippen LogP contribution in [0.2, 0.25) is 0 Å². The van der Waals surface area contributed by atoms with E-state index in [0.29, 0.717) is 5.56 Å². The molecule has 1 aliphatic carbocycles. The van der Waals surface area contributed by atoms with E-state index in [-0.39, 0.29) is 35.4 Å². The summed E-state index contributed by atoms with van der Waals surface area (Å²) in [5.74, 6) is -1.43. The molecule has 3 aliphatic rings. The quantitative estimate of drug-likeness (QED) is 0.653. The minimum atomic E-state index is -1.53. The SMILES string of the molecule is CC(C)(C)N1O[C@@H]2CCC[C@@H]3O[C@](O)(c4ccc([N+](=O)[O-])cc4)[C@H]1[C@H]32. The van der Waals surface area contributed by atoms with E-state index in [1.165, 1.54) is 12.1 Å². The van der Waals surface area contributed by atoms with Crippen LogP contribution in [0.25, 0.3) is 0 Å². The highest BCUT2D eigenvalue weighted by atomic mass is 16.7. The van der Waals surface area contributed by atoms with Crippen LogP contribution in [0.1, 0.15) is 45.6 Å². The Labute approximate surface area is 146 Å². The van der Waals surface area contributed by atoms with Gasteiger partial charge < -0.3 is 9.84 Å². The van der Waals surface area contributed by atoms with Crippen LogP contribution in [-0.4, -0.2) is 38.9 Å². The number of nitro groups is 1. The highest BCUT2D eigenvalue weighted by Gasteiger charge is 2.66. The molecule has 0 spiro atoms. The summed E-state index contributed by atoms with van der Waals surface area (Å²) < 4.78 is 6.16. The number of hydroxylamine groups is 2. The lowest BCUT2D eigenvalue weighted by molar-refractivity contribution is -0.384. The maximum Gasteiger partial charge on any atom is 0.269 e. The van der Waals surface area contributed by atoms with Crippen LogP contribution in [-0.2, 0) is 15.4 Å². The number of ether oxygens (including phenoxy) is 1. The molecular formula is C18H24N2O5. The van der Waals surface area contributed by atoms with Gasteiger partial charge in [-0.15, -0.1) is 0 Å².